The van der Waals surface area contributed by atoms with Crippen molar-refractivity contribution >= 4 is 29.9 Å². The molecule has 0 spiro atoms. The van der Waals surface area contributed by atoms with Crippen LogP contribution in [0.2, 0.25) is 0 Å². The van der Waals surface area contributed by atoms with E-state index in [2.05, 4.69) is 46.3 Å². The molecule has 6 nitrogen and oxygen atoms in total. The molecule has 0 radical (unpaired) electrons. The number of hydrogen-bond acceptors (Lipinski definition) is 4. The van der Waals surface area contributed by atoms with Gasteiger partial charge in [-0.2, -0.15) is 0 Å². The zero-order chi connectivity index (χ0) is 16.6. The topological polar surface area (TPSA) is 52.1 Å². The molecular weight excluding hydrogens is 405 g/mol. The SMILES string of the molecule is CCN(CC)CCCNC(=NC)NCCN(C)CCCOC.I. The molecule has 0 aliphatic carbocycles. The third kappa shape index (κ3) is 15.2. The maximum Gasteiger partial charge on any atom is 0.191 e. The fourth-order valence-electron chi connectivity index (χ4n) is 2.23. The molecule has 23 heavy (non-hydrogen) atoms. The molecule has 0 heterocycles. The monoisotopic (exact) mass is 443 g/mol. The van der Waals surface area contributed by atoms with Crippen molar-refractivity contribution in [1.29, 1.82) is 0 Å². The van der Waals surface area contributed by atoms with E-state index in [1.807, 2.05) is 7.05 Å². The highest BCUT2D eigenvalue weighted by molar-refractivity contribution is 14.0. The smallest absolute Gasteiger partial charge is 0.191 e. The van der Waals surface area contributed by atoms with E-state index in [0.717, 1.165) is 71.2 Å². The van der Waals surface area contributed by atoms with E-state index in [1.165, 1.54) is 0 Å². The maximum atomic E-state index is 5.07. The summed E-state index contributed by atoms with van der Waals surface area (Å²) in [6.45, 7) is 12.6. The van der Waals surface area contributed by atoms with Crippen molar-refractivity contribution in [3.63, 3.8) is 0 Å². The van der Waals surface area contributed by atoms with Gasteiger partial charge in [0.1, 0.15) is 0 Å². The Morgan fingerprint density at radius 2 is 1.65 bits per heavy atom. The molecule has 0 rings (SSSR count). The Morgan fingerprint density at radius 3 is 2.22 bits per heavy atom. The second-order valence-electron chi connectivity index (χ2n) is 5.46. The zero-order valence-corrected chi connectivity index (χ0v) is 18.1. The van der Waals surface area contributed by atoms with E-state index in [-0.39, 0.29) is 24.0 Å². The number of likely N-dealkylation sites (N-methyl/N-ethyl adjacent to an activating group) is 1. The molecule has 0 aliphatic heterocycles. The van der Waals surface area contributed by atoms with Gasteiger partial charge in [-0.05, 0) is 39.5 Å². The summed E-state index contributed by atoms with van der Waals surface area (Å²) in [5.74, 6) is 0.893. The molecule has 0 aromatic carbocycles. The third-order valence-corrected chi connectivity index (χ3v) is 3.74. The van der Waals surface area contributed by atoms with Gasteiger partial charge in [-0.3, -0.25) is 4.99 Å². The van der Waals surface area contributed by atoms with Gasteiger partial charge in [-0.25, -0.2) is 0 Å². The quantitative estimate of drug-likeness (QED) is 0.196. The van der Waals surface area contributed by atoms with Crippen LogP contribution in [0.3, 0.4) is 0 Å². The highest BCUT2D eigenvalue weighted by atomic mass is 127. The normalized spacial score (nSPS) is 11.7. The average molecular weight is 443 g/mol. The van der Waals surface area contributed by atoms with Crippen LogP contribution >= 0.6 is 24.0 Å². The molecule has 0 aromatic heterocycles. The second-order valence-corrected chi connectivity index (χ2v) is 5.46. The molecule has 0 saturated heterocycles. The molecule has 2 N–H and O–H groups in total. The van der Waals surface area contributed by atoms with Crippen LogP contribution in [0.5, 0.6) is 0 Å². The van der Waals surface area contributed by atoms with Gasteiger partial charge < -0.3 is 25.2 Å². The number of nitrogens with one attached hydrogen (secondary N) is 2. The molecule has 7 heteroatoms. The first-order chi connectivity index (χ1) is 10.7. The predicted molar refractivity (Wildman–Crippen MR) is 111 cm³/mol. The fourth-order valence-corrected chi connectivity index (χ4v) is 2.23. The van der Waals surface area contributed by atoms with Crippen molar-refractivity contribution in [2.24, 2.45) is 4.99 Å². The first-order valence-corrected chi connectivity index (χ1v) is 8.52. The summed E-state index contributed by atoms with van der Waals surface area (Å²) in [4.78, 5) is 9.00. The second kappa shape index (κ2) is 18.2. The summed E-state index contributed by atoms with van der Waals surface area (Å²) < 4.78 is 5.07. The van der Waals surface area contributed by atoms with Crippen molar-refractivity contribution < 1.29 is 4.74 Å². The highest BCUT2D eigenvalue weighted by Crippen LogP contribution is 1.89. The van der Waals surface area contributed by atoms with Crippen LogP contribution in [0.25, 0.3) is 0 Å². The Morgan fingerprint density at radius 1 is 1.00 bits per heavy atom. The van der Waals surface area contributed by atoms with Crippen molar-refractivity contribution in [1.82, 2.24) is 20.4 Å². The Labute approximate surface area is 160 Å². The van der Waals surface area contributed by atoms with Crippen LogP contribution in [0, 0.1) is 0 Å². The summed E-state index contributed by atoms with van der Waals surface area (Å²) in [5, 5.41) is 6.73. The minimum absolute atomic E-state index is 0. The third-order valence-electron chi connectivity index (χ3n) is 3.74. The molecular formula is C16H38IN5O. The largest absolute Gasteiger partial charge is 0.385 e. The lowest BCUT2D eigenvalue weighted by Gasteiger charge is -2.19. The van der Waals surface area contributed by atoms with E-state index in [1.54, 1.807) is 7.11 Å². The number of hydrogen-bond donors (Lipinski definition) is 2. The minimum atomic E-state index is 0. The zero-order valence-electron chi connectivity index (χ0n) is 15.7. The average Bonchev–Trinajstić information content (AvgIpc) is 2.53. The van der Waals surface area contributed by atoms with Crippen molar-refractivity contribution in [3.05, 3.63) is 0 Å². The van der Waals surface area contributed by atoms with E-state index >= 15 is 0 Å². The van der Waals surface area contributed by atoms with E-state index in [9.17, 15) is 0 Å². The highest BCUT2D eigenvalue weighted by Gasteiger charge is 2.01. The Kier molecular flexibility index (Phi) is 19.9. The predicted octanol–water partition coefficient (Wildman–Crippen LogP) is 1.47. The van der Waals surface area contributed by atoms with Gasteiger partial charge in [0.2, 0.25) is 0 Å². The van der Waals surface area contributed by atoms with Gasteiger partial charge in [0.25, 0.3) is 0 Å². The molecule has 0 atom stereocenters. The fraction of sp³-hybridized carbons (Fsp3) is 0.938. The Hall–Kier alpha value is -0.120. The molecule has 0 saturated carbocycles. The molecule has 0 aromatic rings. The number of halogens is 1. The van der Waals surface area contributed by atoms with Crippen LogP contribution in [0.15, 0.2) is 4.99 Å². The van der Waals surface area contributed by atoms with Crippen molar-refractivity contribution in [3.8, 4) is 0 Å². The number of guanidine groups is 1. The maximum absolute atomic E-state index is 5.07. The van der Waals surface area contributed by atoms with E-state index < -0.39 is 0 Å². The van der Waals surface area contributed by atoms with Crippen molar-refractivity contribution in [2.75, 3.05) is 73.6 Å². The van der Waals surface area contributed by atoms with Crippen LogP contribution in [-0.4, -0.2) is 89.4 Å². The van der Waals surface area contributed by atoms with Gasteiger partial charge in [0.15, 0.2) is 5.96 Å². The van der Waals surface area contributed by atoms with Crippen LogP contribution in [0.1, 0.15) is 26.7 Å². The first kappa shape index (κ1) is 25.1. The molecule has 0 fully saturated rings. The minimum Gasteiger partial charge on any atom is -0.385 e. The van der Waals surface area contributed by atoms with E-state index in [0.29, 0.717) is 0 Å². The summed E-state index contributed by atoms with van der Waals surface area (Å²) in [7, 11) is 5.71. The standard InChI is InChI=1S/C16H37N5O.HI/c1-6-21(7-2)13-8-10-18-16(17-3)19-11-14-20(4)12-9-15-22-5;/h6-15H2,1-5H3,(H2,17,18,19);1H. The number of aliphatic imine (C=N–C) groups is 1. The number of rotatable bonds is 13. The Bertz CT molecular complexity index is 275. The summed E-state index contributed by atoms with van der Waals surface area (Å²) in [6.07, 6.45) is 2.21. The molecule has 0 bridgehead atoms. The van der Waals surface area contributed by atoms with Crippen molar-refractivity contribution in [2.45, 2.75) is 26.7 Å². The number of ether oxygens (including phenoxy) is 1. The Balaban J connectivity index is 0. The molecule has 0 unspecified atom stereocenters. The summed E-state index contributed by atoms with van der Waals surface area (Å²) >= 11 is 0. The molecule has 140 valence electrons. The van der Waals surface area contributed by atoms with Gasteiger partial charge in [-0.15, -0.1) is 24.0 Å². The lowest BCUT2D eigenvalue weighted by Crippen LogP contribution is -2.42. The van der Waals surface area contributed by atoms with E-state index in [4.69, 9.17) is 4.74 Å². The van der Waals surface area contributed by atoms with Crippen LogP contribution in [-0.2, 0) is 4.74 Å². The van der Waals surface area contributed by atoms with Crippen LogP contribution in [0.4, 0.5) is 0 Å². The van der Waals surface area contributed by atoms with Gasteiger partial charge >= 0.3 is 0 Å². The molecule has 0 amide bonds. The van der Waals surface area contributed by atoms with Gasteiger partial charge in [0, 0.05) is 46.9 Å². The lowest BCUT2D eigenvalue weighted by molar-refractivity contribution is 0.180. The van der Waals surface area contributed by atoms with Crippen LogP contribution < -0.4 is 10.6 Å². The summed E-state index contributed by atoms with van der Waals surface area (Å²) in [5.41, 5.74) is 0. The molecule has 0 aliphatic rings. The van der Waals surface area contributed by atoms with Gasteiger partial charge in [0.05, 0.1) is 0 Å². The summed E-state index contributed by atoms with van der Waals surface area (Å²) in [6, 6.07) is 0. The van der Waals surface area contributed by atoms with Gasteiger partial charge in [-0.1, -0.05) is 13.8 Å². The lowest BCUT2D eigenvalue weighted by atomic mass is 10.3. The number of methoxy groups -OCH3 is 1. The number of nitrogens with zero attached hydrogens (tertiary/aromatic N) is 3. The first-order valence-electron chi connectivity index (χ1n) is 8.52.